The number of ether oxygens (including phenoxy) is 2. The van der Waals surface area contributed by atoms with Gasteiger partial charge in [0.25, 0.3) is 11.3 Å². The number of nitrogens with one attached hydrogen (secondary N) is 1. The summed E-state index contributed by atoms with van der Waals surface area (Å²) in [6, 6.07) is 14.4. The Morgan fingerprint density at radius 2 is 1.76 bits per heavy atom. The van der Waals surface area contributed by atoms with Crippen molar-refractivity contribution in [3.8, 4) is 0 Å². The molecule has 10 heteroatoms. The molecule has 2 aromatic rings. The molecule has 2 atom stereocenters. The van der Waals surface area contributed by atoms with E-state index >= 15 is 0 Å². The molecule has 3 rings (SSSR count). The van der Waals surface area contributed by atoms with Crippen LogP contribution in [0.1, 0.15) is 60.5 Å². The summed E-state index contributed by atoms with van der Waals surface area (Å²) in [5, 5.41) is 0.181. The fraction of sp³-hybridized carbons (Fsp3) is 0.357. The molecule has 0 fully saturated rings. The van der Waals surface area contributed by atoms with Gasteiger partial charge in [-0.2, -0.15) is 0 Å². The summed E-state index contributed by atoms with van der Waals surface area (Å²) >= 11 is 5.90. The van der Waals surface area contributed by atoms with Crippen molar-refractivity contribution in [1.29, 1.82) is 0 Å². The topological polar surface area (TPSA) is 102 Å². The van der Waals surface area contributed by atoms with Crippen molar-refractivity contribution in [3.63, 3.8) is 0 Å². The lowest BCUT2D eigenvalue weighted by atomic mass is 10.1. The highest BCUT2D eigenvalue weighted by atomic mass is 35.5. The lowest BCUT2D eigenvalue weighted by molar-refractivity contribution is -0.619. The molecular formula is C28H32ClN2O6S+. The van der Waals surface area contributed by atoms with Crippen LogP contribution in [0.2, 0.25) is 5.02 Å². The van der Waals surface area contributed by atoms with Crippen LogP contribution in [0.4, 0.5) is 0 Å². The van der Waals surface area contributed by atoms with E-state index in [4.69, 9.17) is 21.1 Å². The summed E-state index contributed by atoms with van der Waals surface area (Å²) in [5.74, 6) is -0.715. The highest BCUT2D eigenvalue weighted by Gasteiger charge is 2.47. The van der Waals surface area contributed by atoms with Crippen LogP contribution >= 0.6 is 11.6 Å². The standard InChI is InChI=1S/C28H31ClN2O6S/c1-3-17-36-28(34)23-13-9-22(10-14-23)19-38(35)26-18-25(31(26)30-20(2)32)37-27(33)8-6-4-5-7-21-11-15-24(29)16-12-21/h3,9-16,26H,1,4-8,17-19H2,2H3/p+1. The summed E-state index contributed by atoms with van der Waals surface area (Å²) < 4.78 is 24.9. The van der Waals surface area contributed by atoms with E-state index in [1.807, 2.05) is 24.3 Å². The minimum absolute atomic E-state index is 0.124. The number of hydrogen-bond donors (Lipinski definition) is 1. The van der Waals surface area contributed by atoms with Gasteiger partial charge in [0.05, 0.1) is 22.1 Å². The van der Waals surface area contributed by atoms with Gasteiger partial charge in [0.2, 0.25) is 0 Å². The zero-order valence-corrected chi connectivity index (χ0v) is 22.9. The van der Waals surface area contributed by atoms with Crippen LogP contribution in [0.5, 0.6) is 0 Å². The lowest BCUT2D eigenvalue weighted by Crippen LogP contribution is -2.56. The molecule has 2 aromatic carbocycles. The second-order valence-corrected chi connectivity index (χ2v) is 10.9. The van der Waals surface area contributed by atoms with Crippen LogP contribution < -0.4 is 5.43 Å². The molecule has 1 aliphatic heterocycles. The molecular weight excluding hydrogens is 528 g/mol. The fourth-order valence-electron chi connectivity index (χ4n) is 3.82. The number of unbranched alkanes of at least 4 members (excludes halogenated alkanes) is 2. The minimum Gasteiger partial charge on any atom is -0.458 e. The van der Waals surface area contributed by atoms with Gasteiger partial charge < -0.3 is 9.47 Å². The summed E-state index contributed by atoms with van der Waals surface area (Å²) in [4.78, 5) is 36.0. The first kappa shape index (κ1) is 29.3. The number of halogens is 1. The number of nitrogens with zero attached hydrogens (tertiary/aromatic N) is 1. The van der Waals surface area contributed by atoms with Gasteiger partial charge in [0, 0.05) is 18.4 Å². The second kappa shape index (κ2) is 14.6. The first-order valence-corrected chi connectivity index (χ1v) is 14.1. The van der Waals surface area contributed by atoms with E-state index in [0.29, 0.717) is 17.0 Å². The number of rotatable bonds is 13. The maximum Gasteiger partial charge on any atom is 0.382 e. The molecule has 0 bridgehead atoms. The molecule has 0 spiro atoms. The van der Waals surface area contributed by atoms with Crippen molar-refractivity contribution in [2.75, 3.05) is 6.61 Å². The van der Waals surface area contributed by atoms with Gasteiger partial charge in [-0.05, 0) is 54.7 Å². The minimum atomic E-state index is -1.40. The number of hydrazone groups is 1. The third-order valence-electron chi connectivity index (χ3n) is 5.81. The lowest BCUT2D eigenvalue weighted by Gasteiger charge is -2.23. The summed E-state index contributed by atoms with van der Waals surface area (Å²) in [7, 11) is -1.40. The highest BCUT2D eigenvalue weighted by Crippen LogP contribution is 2.21. The Morgan fingerprint density at radius 1 is 1.08 bits per heavy atom. The summed E-state index contributed by atoms with van der Waals surface area (Å²) in [5.41, 5.74) is 4.95. The van der Waals surface area contributed by atoms with Gasteiger partial charge in [-0.25, -0.2) is 4.79 Å². The van der Waals surface area contributed by atoms with Crippen molar-refractivity contribution in [2.45, 2.75) is 56.6 Å². The predicted octanol–water partition coefficient (Wildman–Crippen LogP) is 4.47. The number of amides is 1. The SMILES string of the molecule is C=CCOC(=O)c1ccc(CS(=O)C2CC(OC(=O)CCCCCc3ccc(Cl)cc3)=[N+]2NC(C)=O)cc1. The average Bonchev–Trinajstić information content (AvgIpc) is 2.89. The number of carbonyl (C=O) groups is 3. The summed E-state index contributed by atoms with van der Waals surface area (Å²) in [6.45, 7) is 4.97. The van der Waals surface area contributed by atoms with Crippen molar-refractivity contribution >= 4 is 46.1 Å². The van der Waals surface area contributed by atoms with Crippen LogP contribution in [-0.2, 0) is 42.0 Å². The molecule has 2 unspecified atom stereocenters. The number of benzene rings is 2. The molecule has 202 valence electrons. The number of esters is 2. The van der Waals surface area contributed by atoms with Crippen LogP contribution in [0.3, 0.4) is 0 Å². The second-order valence-electron chi connectivity index (χ2n) is 8.86. The van der Waals surface area contributed by atoms with Crippen molar-refractivity contribution in [2.24, 2.45) is 0 Å². The van der Waals surface area contributed by atoms with Gasteiger partial charge in [-0.1, -0.05) is 59.6 Å². The third-order valence-corrected chi connectivity index (χ3v) is 7.66. The van der Waals surface area contributed by atoms with Gasteiger partial charge in [0.15, 0.2) is 6.42 Å². The molecule has 0 saturated carbocycles. The van der Waals surface area contributed by atoms with E-state index in [1.54, 1.807) is 24.3 Å². The Kier molecular flexibility index (Phi) is 11.2. The Labute approximate surface area is 230 Å². The molecule has 0 aromatic heterocycles. The molecule has 1 heterocycles. The molecule has 8 nitrogen and oxygen atoms in total. The first-order chi connectivity index (χ1) is 18.3. The van der Waals surface area contributed by atoms with Crippen LogP contribution in [0.15, 0.2) is 61.2 Å². The van der Waals surface area contributed by atoms with Gasteiger partial charge in [0.1, 0.15) is 6.61 Å². The molecule has 1 amide bonds. The predicted molar refractivity (Wildman–Crippen MR) is 146 cm³/mol. The monoisotopic (exact) mass is 559 g/mol. The van der Waals surface area contributed by atoms with E-state index in [9.17, 15) is 18.6 Å². The van der Waals surface area contributed by atoms with E-state index in [0.717, 1.165) is 24.8 Å². The maximum atomic E-state index is 13.0. The van der Waals surface area contributed by atoms with E-state index < -0.39 is 22.1 Å². The zero-order chi connectivity index (χ0) is 27.5. The fourth-order valence-corrected chi connectivity index (χ4v) is 5.39. The smallest absolute Gasteiger partial charge is 0.382 e. The summed E-state index contributed by atoms with van der Waals surface area (Å²) in [6.07, 6.45) is 5.43. The molecule has 38 heavy (non-hydrogen) atoms. The van der Waals surface area contributed by atoms with Gasteiger partial charge in [-0.15, -0.1) is 5.43 Å². The normalized spacial score (nSPS) is 15.3. The molecule has 1 aliphatic rings. The van der Waals surface area contributed by atoms with Crippen molar-refractivity contribution in [1.82, 2.24) is 5.43 Å². The van der Waals surface area contributed by atoms with Crippen LogP contribution in [0, 0.1) is 0 Å². The average molecular weight is 560 g/mol. The Balaban J connectivity index is 1.48. The third kappa shape index (κ3) is 8.92. The Morgan fingerprint density at radius 3 is 2.42 bits per heavy atom. The molecule has 0 aliphatic carbocycles. The van der Waals surface area contributed by atoms with Crippen LogP contribution in [0.25, 0.3) is 0 Å². The van der Waals surface area contributed by atoms with E-state index in [1.165, 1.54) is 23.2 Å². The van der Waals surface area contributed by atoms with Crippen molar-refractivity contribution in [3.05, 3.63) is 82.9 Å². The number of aryl methyl sites for hydroxylation is 1. The first-order valence-electron chi connectivity index (χ1n) is 12.4. The number of hydrazine groups is 1. The molecule has 1 N–H and O–H groups in total. The Hall–Kier alpha value is -3.30. The Bertz CT molecular complexity index is 1210. The molecule has 0 saturated heterocycles. The van der Waals surface area contributed by atoms with Crippen LogP contribution in [-0.4, -0.2) is 44.6 Å². The van der Waals surface area contributed by atoms with E-state index in [-0.39, 0.29) is 43.0 Å². The zero-order valence-electron chi connectivity index (χ0n) is 21.3. The van der Waals surface area contributed by atoms with Gasteiger partial charge >= 0.3 is 17.8 Å². The maximum absolute atomic E-state index is 13.0. The largest absolute Gasteiger partial charge is 0.458 e. The molecule has 0 radical (unpaired) electrons. The van der Waals surface area contributed by atoms with Crippen molar-refractivity contribution < 1.29 is 32.8 Å². The number of carbonyl (C=O) groups excluding carboxylic acids is 3. The van der Waals surface area contributed by atoms with E-state index in [2.05, 4.69) is 12.0 Å². The number of hydrogen-bond acceptors (Lipinski definition) is 6. The quantitative estimate of drug-likeness (QED) is 0.168. The van der Waals surface area contributed by atoms with Gasteiger partial charge in [-0.3, -0.25) is 13.8 Å². The highest BCUT2D eigenvalue weighted by molar-refractivity contribution is 7.84.